The van der Waals surface area contributed by atoms with Crippen molar-refractivity contribution in [2.75, 3.05) is 5.73 Å². The molecular weight excluding hydrogens is 328 g/mol. The standard InChI is InChI=1S/C11H17NS.C9H9N3/c1-2-5-10(6-3-1)12-9-11-7-4-8-13-11;1-6-2-3-8-7(4-6)9(10)12-5-11-8/h4,7-8,10,12H,1-3,5-6,9H2;2-5H,1H3,(H2,10,11,12). The van der Waals surface area contributed by atoms with Crippen molar-refractivity contribution >= 4 is 28.1 Å². The molecule has 0 saturated heterocycles. The SMILES string of the molecule is Cc1ccc2ncnc(N)c2c1.c1csc(CNC2CCCCC2)c1. The molecule has 0 aliphatic heterocycles. The number of benzene rings is 1. The summed E-state index contributed by atoms with van der Waals surface area (Å²) in [5.74, 6) is 0.545. The third-order valence-corrected chi connectivity index (χ3v) is 5.45. The van der Waals surface area contributed by atoms with Gasteiger partial charge in [-0.15, -0.1) is 11.3 Å². The molecular formula is C20H26N4S. The average Bonchev–Trinajstić information content (AvgIpc) is 3.16. The van der Waals surface area contributed by atoms with Crippen LogP contribution < -0.4 is 11.1 Å². The van der Waals surface area contributed by atoms with E-state index in [-0.39, 0.29) is 0 Å². The molecule has 4 nitrogen and oxygen atoms in total. The minimum atomic E-state index is 0.545. The van der Waals surface area contributed by atoms with E-state index in [1.165, 1.54) is 48.9 Å². The van der Waals surface area contributed by atoms with Crippen LogP contribution >= 0.6 is 11.3 Å². The number of nitrogens with zero attached hydrogens (tertiary/aromatic N) is 2. The second kappa shape index (κ2) is 8.92. The Labute approximate surface area is 153 Å². The molecule has 0 radical (unpaired) electrons. The van der Waals surface area contributed by atoms with Gasteiger partial charge in [-0.3, -0.25) is 0 Å². The quantitative estimate of drug-likeness (QED) is 0.716. The van der Waals surface area contributed by atoms with E-state index in [2.05, 4.69) is 32.8 Å². The molecule has 132 valence electrons. The van der Waals surface area contributed by atoms with Gasteiger partial charge in [0, 0.05) is 22.8 Å². The summed E-state index contributed by atoms with van der Waals surface area (Å²) in [6.45, 7) is 3.09. The van der Waals surface area contributed by atoms with Gasteiger partial charge in [0.2, 0.25) is 0 Å². The highest BCUT2D eigenvalue weighted by molar-refractivity contribution is 7.09. The molecule has 25 heavy (non-hydrogen) atoms. The maximum absolute atomic E-state index is 5.67. The Morgan fingerprint density at radius 1 is 1.16 bits per heavy atom. The summed E-state index contributed by atoms with van der Waals surface area (Å²) in [4.78, 5) is 9.47. The molecule has 0 unspecified atom stereocenters. The number of anilines is 1. The normalized spacial score (nSPS) is 14.9. The lowest BCUT2D eigenvalue weighted by molar-refractivity contribution is 0.373. The molecule has 0 spiro atoms. The molecule has 3 N–H and O–H groups in total. The van der Waals surface area contributed by atoms with E-state index in [1.54, 1.807) is 0 Å². The molecule has 1 aromatic carbocycles. The fourth-order valence-corrected chi connectivity index (χ4v) is 3.81. The van der Waals surface area contributed by atoms with Gasteiger partial charge in [-0.2, -0.15) is 0 Å². The monoisotopic (exact) mass is 354 g/mol. The number of nitrogens with one attached hydrogen (secondary N) is 1. The average molecular weight is 355 g/mol. The Morgan fingerprint density at radius 2 is 2.00 bits per heavy atom. The summed E-state index contributed by atoms with van der Waals surface area (Å²) in [6.07, 6.45) is 8.52. The first kappa shape index (κ1) is 17.8. The predicted octanol–water partition coefficient (Wildman–Crippen LogP) is 4.69. The lowest BCUT2D eigenvalue weighted by Crippen LogP contribution is -2.30. The summed E-state index contributed by atoms with van der Waals surface area (Å²) in [6, 6.07) is 11.1. The molecule has 3 aromatic rings. The number of aryl methyl sites for hydroxylation is 1. The second-order valence-corrected chi connectivity index (χ2v) is 7.61. The maximum atomic E-state index is 5.67. The van der Waals surface area contributed by atoms with Crippen LogP contribution in [0, 0.1) is 6.92 Å². The minimum Gasteiger partial charge on any atom is -0.383 e. The topological polar surface area (TPSA) is 63.8 Å². The molecule has 1 aliphatic rings. The Hall–Kier alpha value is -1.98. The summed E-state index contributed by atoms with van der Waals surface area (Å²) >= 11 is 1.85. The first-order valence-electron chi connectivity index (χ1n) is 8.95. The zero-order chi connectivity index (χ0) is 17.5. The zero-order valence-electron chi connectivity index (χ0n) is 14.7. The number of aromatic nitrogens is 2. The van der Waals surface area contributed by atoms with Crippen molar-refractivity contribution in [3.05, 3.63) is 52.5 Å². The van der Waals surface area contributed by atoms with Crippen molar-refractivity contribution in [3.8, 4) is 0 Å². The van der Waals surface area contributed by atoms with E-state index in [4.69, 9.17) is 5.73 Å². The van der Waals surface area contributed by atoms with Crippen LogP contribution in [0.1, 0.15) is 42.5 Å². The van der Waals surface area contributed by atoms with Gasteiger partial charge in [-0.25, -0.2) is 9.97 Å². The van der Waals surface area contributed by atoms with E-state index in [1.807, 2.05) is 36.5 Å². The van der Waals surface area contributed by atoms with Gasteiger partial charge in [0.25, 0.3) is 0 Å². The summed E-state index contributed by atoms with van der Waals surface area (Å²) in [5, 5.41) is 6.71. The maximum Gasteiger partial charge on any atom is 0.134 e. The Morgan fingerprint density at radius 3 is 2.76 bits per heavy atom. The Kier molecular flexibility index (Phi) is 6.36. The summed E-state index contributed by atoms with van der Waals surface area (Å²) in [7, 11) is 0. The molecule has 1 fully saturated rings. The highest BCUT2D eigenvalue weighted by Crippen LogP contribution is 2.18. The highest BCUT2D eigenvalue weighted by atomic mass is 32.1. The van der Waals surface area contributed by atoms with Crippen molar-refractivity contribution in [2.45, 2.75) is 51.6 Å². The van der Waals surface area contributed by atoms with Gasteiger partial charge in [-0.05, 0) is 43.3 Å². The lowest BCUT2D eigenvalue weighted by Gasteiger charge is -2.22. The number of fused-ring (bicyclic) bond motifs is 1. The van der Waals surface area contributed by atoms with Crippen molar-refractivity contribution in [1.29, 1.82) is 0 Å². The van der Waals surface area contributed by atoms with E-state index < -0.39 is 0 Å². The Bertz CT molecular complexity index is 780. The van der Waals surface area contributed by atoms with Crippen LogP contribution in [0.4, 0.5) is 5.82 Å². The molecule has 5 heteroatoms. The number of nitrogen functional groups attached to an aromatic ring is 1. The molecule has 0 atom stereocenters. The number of rotatable bonds is 3. The zero-order valence-corrected chi connectivity index (χ0v) is 15.6. The molecule has 0 amide bonds. The number of hydrogen-bond donors (Lipinski definition) is 2. The van der Waals surface area contributed by atoms with Crippen LogP contribution in [0.5, 0.6) is 0 Å². The first-order chi connectivity index (χ1) is 12.2. The van der Waals surface area contributed by atoms with Crippen molar-refractivity contribution < 1.29 is 0 Å². The molecule has 4 rings (SSSR count). The van der Waals surface area contributed by atoms with Crippen LogP contribution in [-0.4, -0.2) is 16.0 Å². The van der Waals surface area contributed by atoms with E-state index in [0.29, 0.717) is 5.82 Å². The highest BCUT2D eigenvalue weighted by Gasteiger charge is 2.12. The fraction of sp³-hybridized carbons (Fsp3) is 0.400. The molecule has 0 bridgehead atoms. The van der Waals surface area contributed by atoms with Crippen molar-refractivity contribution in [3.63, 3.8) is 0 Å². The third-order valence-electron chi connectivity index (χ3n) is 4.57. The van der Waals surface area contributed by atoms with Gasteiger partial charge in [0.15, 0.2) is 0 Å². The molecule has 2 heterocycles. The number of hydrogen-bond acceptors (Lipinski definition) is 5. The largest absolute Gasteiger partial charge is 0.383 e. The van der Waals surface area contributed by atoms with Gasteiger partial charge in [0.05, 0.1) is 5.52 Å². The number of thiophene rings is 1. The van der Waals surface area contributed by atoms with E-state index in [0.717, 1.165) is 23.5 Å². The second-order valence-electron chi connectivity index (χ2n) is 6.57. The molecule has 1 saturated carbocycles. The van der Waals surface area contributed by atoms with Crippen molar-refractivity contribution in [1.82, 2.24) is 15.3 Å². The first-order valence-corrected chi connectivity index (χ1v) is 9.83. The van der Waals surface area contributed by atoms with E-state index in [9.17, 15) is 0 Å². The van der Waals surface area contributed by atoms with Gasteiger partial charge >= 0.3 is 0 Å². The van der Waals surface area contributed by atoms with Gasteiger partial charge < -0.3 is 11.1 Å². The number of nitrogens with two attached hydrogens (primary N) is 1. The van der Waals surface area contributed by atoms with Crippen LogP contribution in [-0.2, 0) is 6.54 Å². The molecule has 2 aromatic heterocycles. The fourth-order valence-electron chi connectivity index (χ4n) is 3.16. The van der Waals surface area contributed by atoms with Gasteiger partial charge in [0.1, 0.15) is 12.1 Å². The lowest BCUT2D eigenvalue weighted by atomic mass is 9.95. The Balaban J connectivity index is 0.000000146. The van der Waals surface area contributed by atoms with Crippen LogP contribution in [0.2, 0.25) is 0 Å². The van der Waals surface area contributed by atoms with Crippen LogP contribution in [0.25, 0.3) is 10.9 Å². The summed E-state index contributed by atoms with van der Waals surface area (Å²) < 4.78 is 0. The van der Waals surface area contributed by atoms with E-state index >= 15 is 0 Å². The third kappa shape index (κ3) is 5.25. The predicted molar refractivity (Wildman–Crippen MR) is 107 cm³/mol. The van der Waals surface area contributed by atoms with Crippen molar-refractivity contribution in [2.24, 2.45) is 0 Å². The summed E-state index contributed by atoms with van der Waals surface area (Å²) in [5.41, 5.74) is 7.74. The van der Waals surface area contributed by atoms with Crippen LogP contribution in [0.3, 0.4) is 0 Å². The smallest absolute Gasteiger partial charge is 0.134 e. The van der Waals surface area contributed by atoms with Crippen LogP contribution in [0.15, 0.2) is 42.0 Å². The molecule has 1 aliphatic carbocycles. The van der Waals surface area contributed by atoms with Gasteiger partial charge in [-0.1, -0.05) is 37.0 Å². The minimum absolute atomic E-state index is 0.545.